The van der Waals surface area contributed by atoms with Gasteiger partial charge in [-0.05, 0) is 113 Å². The summed E-state index contributed by atoms with van der Waals surface area (Å²) in [7, 11) is -8.99. The molecule has 0 aliphatic heterocycles. The van der Waals surface area contributed by atoms with Crippen molar-refractivity contribution in [3.05, 3.63) is 103 Å². The first-order valence-electron chi connectivity index (χ1n) is 18.4. The Morgan fingerprint density at radius 3 is 0.968 bits per heavy atom. The molecule has 0 atom stereocenters. The van der Waals surface area contributed by atoms with Gasteiger partial charge in [-0.15, -0.1) is 20.4 Å². The zero-order valence-corrected chi connectivity index (χ0v) is 38.5. The predicted octanol–water partition coefficient (Wildman–Crippen LogP) is 6.60. The second kappa shape index (κ2) is 20.7. The summed E-state index contributed by atoms with van der Waals surface area (Å²) in [6.07, 6.45) is 0. The highest BCUT2D eigenvalue weighted by Gasteiger charge is 2.12. The van der Waals surface area contributed by atoms with Crippen LogP contribution in [0.4, 0.5) is 0 Å². The highest BCUT2D eigenvalue weighted by atomic mass is 32.2. The second-order valence-corrected chi connectivity index (χ2v) is 19.8. The summed E-state index contributed by atoms with van der Waals surface area (Å²) in [6, 6.07) is 21.4. The molecule has 4 aromatic heterocycles. The van der Waals surface area contributed by atoms with E-state index in [1.807, 2.05) is 23.0 Å². The summed E-state index contributed by atoms with van der Waals surface area (Å²) in [6.45, 7) is 15.1. The van der Waals surface area contributed by atoms with E-state index in [0.717, 1.165) is 54.2 Å². The van der Waals surface area contributed by atoms with E-state index < -0.39 is 20.2 Å². The number of aryl methyl sites for hydroxylation is 6. The lowest BCUT2D eigenvalue weighted by Crippen LogP contribution is -2.16. The molecule has 0 amide bonds. The Kier molecular flexibility index (Phi) is 16.7. The highest BCUT2D eigenvalue weighted by molar-refractivity contribution is 7.86. The Balaban J connectivity index is 0.000000254. The SMILES string of the molecule is C.CCn1c(=NN=c2sc3cc(S(=O)(=O)[O-])ccc3n2CC)sc2cc(C)ccc21.CCn1c(=NN=c2sc3cc(S(=O)(=O)[O-])ccc3n2CC)sc2cc(C)ccc21.O.OO. The topological polar surface area (TPSA) is 256 Å². The first-order valence-corrected chi connectivity index (χ1v) is 24.5. The van der Waals surface area contributed by atoms with Crippen molar-refractivity contribution in [3.63, 3.8) is 0 Å². The predicted molar refractivity (Wildman–Crippen MR) is 245 cm³/mol. The highest BCUT2D eigenvalue weighted by Crippen LogP contribution is 2.24. The third kappa shape index (κ3) is 10.4. The third-order valence-electron chi connectivity index (χ3n) is 9.27. The maximum Gasteiger partial charge on any atom is 0.211 e. The molecule has 4 heterocycles. The summed E-state index contributed by atoms with van der Waals surface area (Å²) >= 11 is 5.80. The molecule has 0 saturated carbocycles. The van der Waals surface area contributed by atoms with E-state index in [1.54, 1.807) is 34.8 Å². The van der Waals surface area contributed by atoms with E-state index in [-0.39, 0.29) is 22.7 Å². The minimum atomic E-state index is -4.50. The number of nitrogens with zero attached hydrogens (tertiary/aromatic N) is 8. The van der Waals surface area contributed by atoms with Gasteiger partial charge in [0.2, 0.25) is 19.2 Å². The molecule has 0 radical (unpaired) electrons. The number of hydrogen-bond donors (Lipinski definition) is 2. The lowest BCUT2D eigenvalue weighted by Gasteiger charge is -2.06. The third-order valence-corrected chi connectivity index (χ3v) is 15.1. The Morgan fingerprint density at radius 1 is 0.484 bits per heavy atom. The van der Waals surface area contributed by atoms with Crippen LogP contribution in [-0.2, 0) is 46.4 Å². The van der Waals surface area contributed by atoms with Crippen molar-refractivity contribution < 1.29 is 41.9 Å². The molecule has 0 fully saturated rings. The summed E-state index contributed by atoms with van der Waals surface area (Å²) < 4.78 is 79.8. The average molecular weight is 963 g/mol. The molecule has 8 rings (SSSR count). The molecular weight excluding hydrogens is 917 g/mol. The molecule has 8 aromatic rings. The minimum absolute atomic E-state index is 0. The number of rotatable bonds is 8. The Bertz CT molecular complexity index is 3180. The fourth-order valence-corrected chi connectivity index (χ4v) is 12.1. The lowest BCUT2D eigenvalue weighted by atomic mass is 10.2. The molecule has 23 heteroatoms. The zero-order chi connectivity index (χ0) is 43.5. The van der Waals surface area contributed by atoms with E-state index >= 15 is 0 Å². The van der Waals surface area contributed by atoms with Gasteiger partial charge in [0.05, 0.1) is 50.7 Å². The number of benzene rings is 4. The van der Waals surface area contributed by atoms with E-state index in [9.17, 15) is 25.9 Å². The van der Waals surface area contributed by atoms with Crippen LogP contribution in [0.1, 0.15) is 46.2 Å². The molecule has 0 aliphatic carbocycles. The summed E-state index contributed by atoms with van der Waals surface area (Å²) in [4.78, 5) is 2.44. The number of hydrogen-bond acceptors (Lipinski definition) is 16. The quantitative estimate of drug-likeness (QED) is 0.0950. The zero-order valence-electron chi connectivity index (χ0n) is 33.6. The van der Waals surface area contributed by atoms with Crippen LogP contribution >= 0.6 is 45.3 Å². The fraction of sp³-hybridized carbons (Fsp3) is 0.282. The first kappa shape index (κ1) is 50.0. The molecule has 4 N–H and O–H groups in total. The Hall–Kier alpha value is -4.66. The minimum Gasteiger partial charge on any atom is -0.744 e. The van der Waals surface area contributed by atoms with Crippen molar-refractivity contribution in [1.29, 1.82) is 0 Å². The molecule has 62 heavy (non-hydrogen) atoms. The summed E-state index contributed by atoms with van der Waals surface area (Å²) in [5.74, 6) is 0. The van der Waals surface area contributed by atoms with Gasteiger partial charge in [0.25, 0.3) is 0 Å². The Morgan fingerprint density at radius 2 is 0.726 bits per heavy atom. The van der Waals surface area contributed by atoms with Crippen molar-refractivity contribution >= 4 is 106 Å². The van der Waals surface area contributed by atoms with Crippen molar-refractivity contribution in [2.45, 2.75) is 84.9 Å². The van der Waals surface area contributed by atoms with Crippen LogP contribution in [0.5, 0.6) is 0 Å². The molecule has 17 nitrogen and oxygen atoms in total. The van der Waals surface area contributed by atoms with Gasteiger partial charge in [-0.25, -0.2) is 16.8 Å². The smallest absolute Gasteiger partial charge is 0.211 e. The fourth-order valence-electron chi connectivity index (χ4n) is 6.48. The lowest BCUT2D eigenvalue weighted by molar-refractivity contribution is -0.176. The molecule has 334 valence electrons. The molecule has 0 spiro atoms. The van der Waals surface area contributed by atoms with Crippen LogP contribution < -0.4 is 19.2 Å². The normalized spacial score (nSPS) is 13.0. The van der Waals surface area contributed by atoms with Crippen LogP contribution in [-0.4, -0.2) is 60.2 Å². The van der Waals surface area contributed by atoms with Gasteiger partial charge in [0, 0.05) is 26.2 Å². The van der Waals surface area contributed by atoms with E-state index in [4.69, 9.17) is 10.5 Å². The standard InChI is InChI=1S/2C19H20N4O3S3.CH4.H2O2.H2O/c2*1-4-22-14-8-6-12(3)10-16(14)27-18(22)20-21-19-23(5-2)15-9-7-13(29(24,25)26)11-17(15)28-19;;1-2;/h2*6-11H,4-5H2,1-3H3,(H,24,25,26);1H4;1-2H;1H2/p-2. The van der Waals surface area contributed by atoms with Crippen LogP contribution in [0.3, 0.4) is 0 Å². The van der Waals surface area contributed by atoms with E-state index in [2.05, 4.69) is 93.6 Å². The average Bonchev–Trinajstić information content (AvgIpc) is 3.97. The number of fused-ring (bicyclic) bond motifs is 4. The summed E-state index contributed by atoms with van der Waals surface area (Å²) in [5, 5.41) is 30.0. The molecule has 0 saturated heterocycles. The molecule has 0 bridgehead atoms. The summed E-state index contributed by atoms with van der Waals surface area (Å²) in [5.41, 5.74) is 6.30. The van der Waals surface area contributed by atoms with Crippen molar-refractivity contribution in [2.24, 2.45) is 20.4 Å². The van der Waals surface area contributed by atoms with Crippen LogP contribution in [0.25, 0.3) is 40.9 Å². The monoisotopic (exact) mass is 962 g/mol. The van der Waals surface area contributed by atoms with Crippen LogP contribution in [0.15, 0.2) is 103 Å². The maximum atomic E-state index is 11.3. The van der Waals surface area contributed by atoms with E-state index in [0.29, 0.717) is 32.1 Å². The first-order chi connectivity index (χ1) is 28.6. The van der Waals surface area contributed by atoms with Gasteiger partial charge in [-0.2, -0.15) is 0 Å². The Labute approximate surface area is 372 Å². The largest absolute Gasteiger partial charge is 0.744 e. The molecule has 0 unspecified atom stereocenters. The van der Waals surface area contributed by atoms with Gasteiger partial charge in [-0.1, -0.05) is 64.9 Å². The number of thiazole rings is 4. The van der Waals surface area contributed by atoms with Gasteiger partial charge in [0.15, 0.2) is 0 Å². The second-order valence-electron chi connectivity index (χ2n) is 13.0. The van der Waals surface area contributed by atoms with Crippen molar-refractivity contribution in [2.75, 3.05) is 0 Å². The van der Waals surface area contributed by atoms with Gasteiger partial charge >= 0.3 is 0 Å². The van der Waals surface area contributed by atoms with Gasteiger partial charge in [0.1, 0.15) is 20.2 Å². The molecule has 0 aliphatic rings. The van der Waals surface area contributed by atoms with Crippen LogP contribution in [0.2, 0.25) is 0 Å². The molecule has 4 aromatic carbocycles. The number of aromatic nitrogens is 4. The van der Waals surface area contributed by atoms with Crippen LogP contribution in [0, 0.1) is 13.8 Å². The van der Waals surface area contributed by atoms with Gasteiger partial charge < -0.3 is 32.9 Å². The molecular formula is C39H46N8O9S6-2. The van der Waals surface area contributed by atoms with Gasteiger partial charge in [-0.3, -0.25) is 10.5 Å². The van der Waals surface area contributed by atoms with E-state index in [1.165, 1.54) is 58.1 Å². The maximum absolute atomic E-state index is 11.3. The van der Waals surface area contributed by atoms with Crippen molar-refractivity contribution in [3.8, 4) is 0 Å². The van der Waals surface area contributed by atoms with Crippen molar-refractivity contribution in [1.82, 2.24) is 18.3 Å².